The van der Waals surface area contributed by atoms with Crippen molar-refractivity contribution in [1.82, 2.24) is 15.2 Å². The van der Waals surface area contributed by atoms with Crippen LogP contribution in [0.15, 0.2) is 5.38 Å². The van der Waals surface area contributed by atoms with Gasteiger partial charge in [0.05, 0.1) is 5.01 Å². The molecule has 2 atom stereocenters. The molecule has 4 nitrogen and oxygen atoms in total. The molecule has 19 heavy (non-hydrogen) atoms. The number of fused-ring (bicyclic) bond motifs is 1. The maximum absolute atomic E-state index is 12.4. The molecule has 2 aliphatic heterocycles. The smallest absolute Gasteiger partial charge is 0.273 e. The molecule has 0 spiro atoms. The van der Waals surface area contributed by atoms with Crippen molar-refractivity contribution < 1.29 is 4.79 Å². The van der Waals surface area contributed by atoms with Gasteiger partial charge in [-0.15, -0.1) is 11.3 Å². The molecule has 0 unspecified atom stereocenters. The van der Waals surface area contributed by atoms with Crippen LogP contribution in [0, 0.1) is 17.8 Å². The van der Waals surface area contributed by atoms with Crippen molar-refractivity contribution in [2.24, 2.45) is 17.8 Å². The van der Waals surface area contributed by atoms with Crippen LogP contribution in [0.4, 0.5) is 0 Å². The van der Waals surface area contributed by atoms with Crippen molar-refractivity contribution in [1.29, 1.82) is 0 Å². The molecule has 1 aromatic rings. The summed E-state index contributed by atoms with van der Waals surface area (Å²) >= 11 is 1.62. The Morgan fingerprint density at radius 1 is 1.47 bits per heavy atom. The van der Waals surface area contributed by atoms with Gasteiger partial charge < -0.3 is 10.2 Å². The second kappa shape index (κ2) is 5.21. The SMILES string of the molecule is CC(C)Cc1nc(C(=O)N2C[C@H]3CNC[C@H]3C2)cs1. The van der Waals surface area contributed by atoms with Gasteiger partial charge in [-0.25, -0.2) is 4.98 Å². The first-order chi connectivity index (χ1) is 9.13. The second-order valence-electron chi connectivity index (χ2n) is 6.11. The highest BCUT2D eigenvalue weighted by Gasteiger charge is 2.38. The minimum absolute atomic E-state index is 0.126. The van der Waals surface area contributed by atoms with Crippen LogP contribution in [-0.4, -0.2) is 42.0 Å². The molecule has 2 saturated heterocycles. The zero-order valence-corrected chi connectivity index (χ0v) is 12.4. The van der Waals surface area contributed by atoms with E-state index in [-0.39, 0.29) is 5.91 Å². The topological polar surface area (TPSA) is 45.2 Å². The van der Waals surface area contributed by atoms with E-state index in [1.807, 2.05) is 10.3 Å². The van der Waals surface area contributed by atoms with Crippen molar-refractivity contribution in [3.63, 3.8) is 0 Å². The number of likely N-dealkylation sites (tertiary alicyclic amines) is 1. The van der Waals surface area contributed by atoms with Crippen molar-refractivity contribution in [2.75, 3.05) is 26.2 Å². The minimum Gasteiger partial charge on any atom is -0.337 e. The molecular weight excluding hydrogens is 258 g/mol. The van der Waals surface area contributed by atoms with Crippen molar-refractivity contribution in [3.8, 4) is 0 Å². The van der Waals surface area contributed by atoms with Gasteiger partial charge in [-0.05, 0) is 17.8 Å². The summed E-state index contributed by atoms with van der Waals surface area (Å²) in [5.41, 5.74) is 0.647. The highest BCUT2D eigenvalue weighted by atomic mass is 32.1. The van der Waals surface area contributed by atoms with Crippen LogP contribution in [-0.2, 0) is 6.42 Å². The molecule has 3 heterocycles. The second-order valence-corrected chi connectivity index (χ2v) is 7.06. The quantitative estimate of drug-likeness (QED) is 0.915. The Kier molecular flexibility index (Phi) is 3.58. The first-order valence-corrected chi connectivity index (χ1v) is 7.96. The highest BCUT2D eigenvalue weighted by molar-refractivity contribution is 7.09. The molecule has 0 bridgehead atoms. The number of hydrogen-bond acceptors (Lipinski definition) is 4. The molecule has 0 aromatic carbocycles. The fourth-order valence-electron chi connectivity index (χ4n) is 3.04. The lowest BCUT2D eigenvalue weighted by molar-refractivity contribution is 0.0776. The third-order valence-corrected chi connectivity index (χ3v) is 4.90. The first kappa shape index (κ1) is 13.1. The van der Waals surface area contributed by atoms with E-state index >= 15 is 0 Å². The predicted octanol–water partition coefficient (Wildman–Crippen LogP) is 1.63. The van der Waals surface area contributed by atoms with E-state index in [4.69, 9.17) is 0 Å². The normalized spacial score (nSPS) is 26.2. The highest BCUT2D eigenvalue weighted by Crippen LogP contribution is 2.27. The van der Waals surface area contributed by atoms with E-state index in [2.05, 4.69) is 24.1 Å². The minimum atomic E-state index is 0.126. The van der Waals surface area contributed by atoms with Gasteiger partial charge in [-0.3, -0.25) is 4.79 Å². The summed E-state index contributed by atoms with van der Waals surface area (Å²) < 4.78 is 0. The molecular formula is C14H21N3OS. The number of aromatic nitrogens is 1. The molecule has 0 aliphatic carbocycles. The van der Waals surface area contributed by atoms with E-state index in [0.717, 1.165) is 37.6 Å². The molecule has 2 fully saturated rings. The van der Waals surface area contributed by atoms with E-state index in [9.17, 15) is 4.79 Å². The van der Waals surface area contributed by atoms with Gasteiger partial charge in [0.1, 0.15) is 5.69 Å². The monoisotopic (exact) mass is 279 g/mol. The number of nitrogens with zero attached hydrogens (tertiary/aromatic N) is 2. The summed E-state index contributed by atoms with van der Waals surface area (Å²) in [5, 5.41) is 6.40. The van der Waals surface area contributed by atoms with Crippen LogP contribution in [0.2, 0.25) is 0 Å². The number of carbonyl (C=O) groups excluding carboxylic acids is 1. The van der Waals surface area contributed by atoms with Gasteiger partial charge in [0.15, 0.2) is 0 Å². The molecule has 3 rings (SSSR count). The first-order valence-electron chi connectivity index (χ1n) is 7.08. The molecule has 1 N–H and O–H groups in total. The molecule has 104 valence electrons. The Morgan fingerprint density at radius 2 is 2.16 bits per heavy atom. The van der Waals surface area contributed by atoms with Crippen LogP contribution in [0.3, 0.4) is 0 Å². The summed E-state index contributed by atoms with van der Waals surface area (Å²) in [6.07, 6.45) is 0.965. The molecule has 2 aliphatic rings. The van der Waals surface area contributed by atoms with Gasteiger partial charge in [0.25, 0.3) is 5.91 Å². The lowest BCUT2D eigenvalue weighted by Crippen LogP contribution is -2.32. The van der Waals surface area contributed by atoms with Gasteiger partial charge >= 0.3 is 0 Å². The third-order valence-electron chi connectivity index (χ3n) is 4.03. The van der Waals surface area contributed by atoms with Crippen molar-refractivity contribution >= 4 is 17.2 Å². The summed E-state index contributed by atoms with van der Waals surface area (Å²) in [6.45, 7) is 8.27. The molecule has 0 saturated carbocycles. The van der Waals surface area contributed by atoms with Crippen LogP contribution < -0.4 is 5.32 Å². The maximum Gasteiger partial charge on any atom is 0.273 e. The zero-order valence-electron chi connectivity index (χ0n) is 11.6. The maximum atomic E-state index is 12.4. The Balaban J connectivity index is 1.65. The average Bonchev–Trinajstić information content (AvgIpc) is 2.99. The lowest BCUT2D eigenvalue weighted by atomic mass is 10.0. The summed E-state index contributed by atoms with van der Waals surface area (Å²) in [7, 11) is 0. The van der Waals surface area contributed by atoms with E-state index < -0.39 is 0 Å². The zero-order chi connectivity index (χ0) is 13.4. The Bertz CT molecular complexity index is 459. The van der Waals surface area contributed by atoms with Gasteiger partial charge in [-0.1, -0.05) is 13.8 Å². The molecule has 0 radical (unpaired) electrons. The largest absolute Gasteiger partial charge is 0.337 e. The Labute approximate surface area is 118 Å². The van der Waals surface area contributed by atoms with Gasteiger partial charge in [0, 0.05) is 38.0 Å². The Morgan fingerprint density at radius 3 is 2.79 bits per heavy atom. The third kappa shape index (κ3) is 2.67. The van der Waals surface area contributed by atoms with E-state index in [1.165, 1.54) is 0 Å². The van der Waals surface area contributed by atoms with Crippen LogP contribution in [0.1, 0.15) is 29.3 Å². The number of rotatable bonds is 3. The predicted molar refractivity (Wildman–Crippen MR) is 76.4 cm³/mol. The number of hydrogen-bond donors (Lipinski definition) is 1. The fourth-order valence-corrected chi connectivity index (χ4v) is 4.02. The van der Waals surface area contributed by atoms with Crippen molar-refractivity contribution in [3.05, 3.63) is 16.1 Å². The number of amides is 1. The number of nitrogens with one attached hydrogen (secondary N) is 1. The Hall–Kier alpha value is -0.940. The molecule has 1 amide bonds. The summed E-state index contributed by atoms with van der Waals surface area (Å²) in [6, 6.07) is 0. The van der Waals surface area contributed by atoms with Crippen molar-refractivity contribution in [2.45, 2.75) is 20.3 Å². The van der Waals surface area contributed by atoms with Crippen LogP contribution in [0.5, 0.6) is 0 Å². The summed E-state index contributed by atoms with van der Waals surface area (Å²) in [5.74, 6) is 2.02. The van der Waals surface area contributed by atoms with Crippen LogP contribution in [0.25, 0.3) is 0 Å². The van der Waals surface area contributed by atoms with Gasteiger partial charge in [-0.2, -0.15) is 0 Å². The summed E-state index contributed by atoms with van der Waals surface area (Å²) in [4.78, 5) is 18.9. The molecule has 1 aromatic heterocycles. The van der Waals surface area contributed by atoms with E-state index in [0.29, 0.717) is 23.4 Å². The fraction of sp³-hybridized carbons (Fsp3) is 0.714. The van der Waals surface area contributed by atoms with Crippen LogP contribution >= 0.6 is 11.3 Å². The lowest BCUT2D eigenvalue weighted by Gasteiger charge is -2.15. The van der Waals surface area contributed by atoms with E-state index in [1.54, 1.807) is 11.3 Å². The number of carbonyl (C=O) groups is 1. The standard InChI is InChI=1S/C14H21N3OS/c1-9(2)3-13-16-12(8-19-13)14(18)17-6-10-4-15-5-11(10)7-17/h8-11,15H,3-7H2,1-2H3/t10-,11+. The molecule has 5 heteroatoms. The average molecular weight is 279 g/mol. The van der Waals surface area contributed by atoms with Gasteiger partial charge in [0.2, 0.25) is 0 Å². The number of thiazole rings is 1.